The highest BCUT2D eigenvalue weighted by atomic mass is 32.2. The van der Waals surface area contributed by atoms with Crippen LogP contribution in [-0.4, -0.2) is 11.9 Å². The van der Waals surface area contributed by atoms with Gasteiger partial charge >= 0.3 is 6.18 Å². The monoisotopic (exact) mass is 206 g/mol. The van der Waals surface area contributed by atoms with Crippen LogP contribution in [0.5, 0.6) is 0 Å². The van der Waals surface area contributed by atoms with Crippen molar-refractivity contribution in [3.05, 3.63) is 35.9 Å². The first kappa shape index (κ1) is 10.4. The number of halogens is 3. The van der Waals surface area contributed by atoms with Gasteiger partial charge in [-0.3, -0.25) is 0 Å². The molecule has 72 valence electrons. The minimum Gasteiger partial charge on any atom is -0.170 e. The minimum absolute atomic E-state index is 0.417. The van der Waals surface area contributed by atoms with Crippen LogP contribution in [0.15, 0.2) is 30.3 Å². The van der Waals surface area contributed by atoms with E-state index in [-0.39, 0.29) is 0 Å². The van der Waals surface area contributed by atoms with E-state index in [1.165, 1.54) is 0 Å². The second kappa shape index (κ2) is 4.56. The average molecular weight is 206 g/mol. The molecule has 0 aliphatic carbocycles. The van der Waals surface area contributed by atoms with Gasteiger partial charge in [0.25, 0.3) is 0 Å². The Kier molecular flexibility index (Phi) is 3.66. The fourth-order valence-corrected chi connectivity index (χ4v) is 1.62. The van der Waals surface area contributed by atoms with Gasteiger partial charge in [0.15, 0.2) is 0 Å². The number of benzene rings is 1. The first-order valence-electron chi connectivity index (χ1n) is 3.76. The third-order valence-electron chi connectivity index (χ3n) is 1.38. The Bertz CT molecular complexity index is 243. The largest absolute Gasteiger partial charge is 0.397 e. The molecule has 0 radical (unpaired) electrons. The molecule has 13 heavy (non-hydrogen) atoms. The van der Waals surface area contributed by atoms with Gasteiger partial charge in [-0.1, -0.05) is 30.3 Å². The highest BCUT2D eigenvalue weighted by Crippen LogP contribution is 2.23. The lowest BCUT2D eigenvalue weighted by Crippen LogP contribution is -2.10. The summed E-state index contributed by atoms with van der Waals surface area (Å²) < 4.78 is 35.2. The molecular formula is C9H9F3S. The second-order valence-corrected chi connectivity index (χ2v) is 3.58. The predicted molar refractivity (Wildman–Crippen MR) is 48.7 cm³/mol. The number of hydrogen-bond acceptors (Lipinski definition) is 1. The van der Waals surface area contributed by atoms with E-state index in [4.69, 9.17) is 0 Å². The maximum Gasteiger partial charge on any atom is 0.397 e. The number of rotatable bonds is 3. The topological polar surface area (TPSA) is 0 Å². The molecule has 0 aliphatic heterocycles. The van der Waals surface area contributed by atoms with E-state index in [2.05, 4.69) is 0 Å². The predicted octanol–water partition coefficient (Wildman–Crippen LogP) is 3.48. The van der Waals surface area contributed by atoms with Gasteiger partial charge < -0.3 is 0 Å². The van der Waals surface area contributed by atoms with Crippen LogP contribution < -0.4 is 0 Å². The fraction of sp³-hybridized carbons (Fsp3) is 0.333. The summed E-state index contributed by atoms with van der Waals surface area (Å²) in [4.78, 5) is 0. The van der Waals surface area contributed by atoms with Crippen molar-refractivity contribution >= 4 is 11.8 Å². The van der Waals surface area contributed by atoms with Gasteiger partial charge in [0.2, 0.25) is 0 Å². The highest BCUT2D eigenvalue weighted by molar-refractivity contribution is 7.98. The van der Waals surface area contributed by atoms with Crippen LogP contribution in [0.3, 0.4) is 0 Å². The van der Waals surface area contributed by atoms with E-state index in [0.29, 0.717) is 5.75 Å². The van der Waals surface area contributed by atoms with Crippen LogP contribution >= 0.6 is 11.8 Å². The zero-order chi connectivity index (χ0) is 9.73. The third kappa shape index (κ3) is 4.83. The average Bonchev–Trinajstić information content (AvgIpc) is 2.04. The first-order chi connectivity index (χ1) is 6.08. The normalized spacial score (nSPS) is 11.6. The van der Waals surface area contributed by atoms with Crippen LogP contribution in [0, 0.1) is 0 Å². The molecule has 0 aromatic heterocycles. The molecule has 0 fully saturated rings. The lowest BCUT2D eigenvalue weighted by Gasteiger charge is -2.05. The molecule has 1 aromatic carbocycles. The minimum atomic E-state index is -4.06. The molecule has 0 saturated carbocycles. The summed E-state index contributed by atoms with van der Waals surface area (Å²) in [5.41, 5.74) is 0.928. The smallest absolute Gasteiger partial charge is 0.170 e. The van der Waals surface area contributed by atoms with Crippen LogP contribution in [-0.2, 0) is 5.75 Å². The van der Waals surface area contributed by atoms with E-state index in [1.807, 2.05) is 30.3 Å². The summed E-state index contributed by atoms with van der Waals surface area (Å²) in [5.74, 6) is -0.359. The lowest BCUT2D eigenvalue weighted by atomic mass is 10.2. The Hall–Kier alpha value is -0.640. The molecule has 1 rings (SSSR count). The Balaban J connectivity index is 2.29. The van der Waals surface area contributed by atoms with Gasteiger partial charge in [-0.15, -0.1) is 11.8 Å². The zero-order valence-corrected chi connectivity index (χ0v) is 7.66. The molecule has 0 atom stereocenters. The van der Waals surface area contributed by atoms with Crippen LogP contribution in [0.1, 0.15) is 5.56 Å². The SMILES string of the molecule is FC(F)(F)CSCc1ccccc1. The summed E-state index contributed by atoms with van der Waals surface area (Å²) in [5, 5.41) is 0. The van der Waals surface area contributed by atoms with E-state index in [9.17, 15) is 13.2 Å². The van der Waals surface area contributed by atoms with Crippen molar-refractivity contribution in [3.8, 4) is 0 Å². The van der Waals surface area contributed by atoms with Crippen molar-refractivity contribution in [2.45, 2.75) is 11.9 Å². The molecule has 0 aliphatic rings. The lowest BCUT2D eigenvalue weighted by molar-refractivity contribution is -0.105. The molecular weight excluding hydrogens is 197 g/mol. The molecule has 0 nitrogen and oxygen atoms in total. The Morgan fingerprint density at radius 3 is 2.23 bits per heavy atom. The van der Waals surface area contributed by atoms with Crippen LogP contribution in [0.4, 0.5) is 13.2 Å². The molecule has 0 N–H and O–H groups in total. The summed E-state index contributed by atoms with van der Waals surface area (Å²) in [6, 6.07) is 9.14. The molecule has 1 aromatic rings. The fourth-order valence-electron chi connectivity index (χ4n) is 0.859. The van der Waals surface area contributed by atoms with E-state index in [1.54, 1.807) is 0 Å². The van der Waals surface area contributed by atoms with Crippen molar-refractivity contribution < 1.29 is 13.2 Å². The molecule has 0 bridgehead atoms. The van der Waals surface area contributed by atoms with E-state index >= 15 is 0 Å². The number of alkyl halides is 3. The zero-order valence-electron chi connectivity index (χ0n) is 6.84. The molecule has 0 amide bonds. The van der Waals surface area contributed by atoms with Gasteiger partial charge in [0.05, 0.1) is 5.75 Å². The second-order valence-electron chi connectivity index (χ2n) is 2.59. The van der Waals surface area contributed by atoms with E-state index in [0.717, 1.165) is 17.3 Å². The van der Waals surface area contributed by atoms with Crippen molar-refractivity contribution in [1.29, 1.82) is 0 Å². The van der Waals surface area contributed by atoms with Gasteiger partial charge in [0, 0.05) is 5.75 Å². The van der Waals surface area contributed by atoms with Crippen LogP contribution in [0.25, 0.3) is 0 Å². The molecule has 0 heterocycles. The molecule has 0 saturated heterocycles. The quantitative estimate of drug-likeness (QED) is 0.729. The van der Waals surface area contributed by atoms with Crippen molar-refractivity contribution in [1.82, 2.24) is 0 Å². The Labute approximate surface area is 79.1 Å². The summed E-state index contributed by atoms with van der Waals surface area (Å²) in [7, 11) is 0. The molecule has 0 unspecified atom stereocenters. The Morgan fingerprint density at radius 2 is 1.69 bits per heavy atom. The van der Waals surface area contributed by atoms with Crippen molar-refractivity contribution in [3.63, 3.8) is 0 Å². The maximum absolute atomic E-state index is 11.7. The van der Waals surface area contributed by atoms with Crippen LogP contribution in [0.2, 0.25) is 0 Å². The van der Waals surface area contributed by atoms with Crippen molar-refractivity contribution in [2.75, 3.05) is 5.75 Å². The van der Waals surface area contributed by atoms with Gasteiger partial charge in [-0.25, -0.2) is 0 Å². The first-order valence-corrected chi connectivity index (χ1v) is 4.92. The molecule has 0 spiro atoms. The van der Waals surface area contributed by atoms with Crippen molar-refractivity contribution in [2.24, 2.45) is 0 Å². The number of hydrogen-bond donors (Lipinski definition) is 0. The highest BCUT2D eigenvalue weighted by Gasteiger charge is 2.26. The summed E-state index contributed by atoms with van der Waals surface area (Å²) in [6.07, 6.45) is -4.06. The Morgan fingerprint density at radius 1 is 1.08 bits per heavy atom. The van der Waals surface area contributed by atoms with Gasteiger partial charge in [-0.2, -0.15) is 13.2 Å². The van der Waals surface area contributed by atoms with E-state index < -0.39 is 11.9 Å². The maximum atomic E-state index is 11.7. The third-order valence-corrected chi connectivity index (χ3v) is 2.45. The summed E-state index contributed by atoms with van der Waals surface area (Å²) >= 11 is 0.888. The molecule has 4 heteroatoms. The number of thioether (sulfide) groups is 1. The standard InChI is InChI=1S/C9H9F3S/c10-9(11,12)7-13-6-8-4-2-1-3-5-8/h1-5H,6-7H2. The van der Waals surface area contributed by atoms with Gasteiger partial charge in [0.1, 0.15) is 0 Å². The van der Waals surface area contributed by atoms with Gasteiger partial charge in [-0.05, 0) is 5.56 Å². The summed E-state index contributed by atoms with van der Waals surface area (Å²) in [6.45, 7) is 0.